The van der Waals surface area contributed by atoms with Gasteiger partial charge in [0.05, 0.1) is 0 Å². The molecule has 0 saturated carbocycles. The van der Waals surface area contributed by atoms with E-state index in [2.05, 4.69) is 31.2 Å². The number of unbranched alkanes of at least 4 members (excludes halogenated alkanes) is 9. The van der Waals surface area contributed by atoms with Crippen LogP contribution < -0.4 is 0 Å². The second-order valence-electron chi connectivity index (χ2n) is 6.57. The number of aryl methyl sites for hydroxylation is 2. The molecule has 0 aromatic heterocycles. The summed E-state index contributed by atoms with van der Waals surface area (Å²) >= 11 is 0. The fraction of sp³-hybridized carbons (Fsp3) is 0.700. The summed E-state index contributed by atoms with van der Waals surface area (Å²) in [5.41, 5.74) is 2.55. The average molecular weight is 337 g/mol. The van der Waals surface area contributed by atoms with Crippen LogP contribution in [0.25, 0.3) is 0 Å². The molecule has 0 radical (unpaired) electrons. The molecule has 130 valence electrons. The number of rotatable bonds is 14. The van der Waals surface area contributed by atoms with Crippen molar-refractivity contribution in [2.24, 2.45) is 0 Å². The molecule has 0 spiro atoms. The van der Waals surface area contributed by atoms with E-state index in [0.717, 1.165) is 12.0 Å². The van der Waals surface area contributed by atoms with Crippen LogP contribution in [0.5, 0.6) is 0 Å². The van der Waals surface area contributed by atoms with Gasteiger partial charge in [-0.25, -0.2) is 0 Å². The lowest BCUT2D eigenvalue weighted by Crippen LogP contribution is -1.91. The molecule has 3 heteroatoms. The van der Waals surface area contributed by atoms with Crippen LogP contribution in [0.2, 0.25) is 0 Å². The molecule has 0 bridgehead atoms. The zero-order valence-electron chi connectivity index (χ0n) is 14.8. The Hall–Kier alpha value is -0.720. The smallest absolute Gasteiger partial charge is 0.161 e. The van der Waals surface area contributed by atoms with Gasteiger partial charge in [-0.1, -0.05) is 89.0 Å². The first-order valence-corrected chi connectivity index (χ1v) is 10.8. The van der Waals surface area contributed by atoms with Crippen molar-refractivity contribution in [3.8, 4) is 0 Å². The second-order valence-corrected chi connectivity index (χ2v) is 7.73. The Kier molecular flexibility index (Phi) is 12.1. The molecule has 0 saturated heterocycles. The minimum atomic E-state index is -2.00. The average Bonchev–Trinajstić information content (AvgIpc) is 2.55. The first-order chi connectivity index (χ1) is 11.2. The van der Waals surface area contributed by atoms with Crippen LogP contribution in [0, 0.1) is 0 Å². The molecule has 1 aromatic rings. The summed E-state index contributed by atoms with van der Waals surface area (Å²) in [4.78, 5) is 8.84. The highest BCUT2D eigenvalue weighted by Gasteiger charge is 2.09. The Labute approximate surface area is 143 Å². The largest absolute Gasteiger partial charge is 0.505 e. The third-order valence-electron chi connectivity index (χ3n) is 4.43. The van der Waals surface area contributed by atoms with Crippen LogP contribution in [0.3, 0.4) is 0 Å². The molecular formula is C20H34O2P+. The summed E-state index contributed by atoms with van der Waals surface area (Å²) in [7, 11) is -2.00. The van der Waals surface area contributed by atoms with Gasteiger partial charge in [-0.15, -0.1) is 0 Å². The van der Waals surface area contributed by atoms with Gasteiger partial charge in [-0.05, 0) is 28.5 Å². The fourth-order valence-electron chi connectivity index (χ4n) is 2.91. The molecule has 0 aliphatic carbocycles. The molecule has 0 aliphatic rings. The van der Waals surface area contributed by atoms with Crippen molar-refractivity contribution in [2.75, 3.05) is 6.16 Å². The number of benzene rings is 1. The van der Waals surface area contributed by atoms with Crippen molar-refractivity contribution in [3.05, 3.63) is 35.4 Å². The van der Waals surface area contributed by atoms with Gasteiger partial charge in [-0.3, -0.25) is 0 Å². The topological polar surface area (TPSA) is 37.3 Å². The van der Waals surface area contributed by atoms with Crippen molar-refractivity contribution >= 4 is 8.03 Å². The van der Waals surface area contributed by atoms with E-state index in [4.69, 9.17) is 4.89 Å². The molecule has 1 aromatic carbocycles. The Morgan fingerprint density at radius 2 is 1.17 bits per heavy atom. The van der Waals surface area contributed by atoms with Crippen molar-refractivity contribution in [1.29, 1.82) is 0 Å². The van der Waals surface area contributed by atoms with Crippen molar-refractivity contribution in [2.45, 2.75) is 84.0 Å². The standard InChI is InChI=1S/C20H33O2P/c1-2-3-4-5-6-7-8-9-10-11-12-19-13-15-20(16-14-19)17-18-23(21)22/h13-16H,2-12,17-18H2,1H3/p+1. The zero-order chi connectivity index (χ0) is 16.8. The maximum Gasteiger partial charge on any atom is 0.505 e. The van der Waals surface area contributed by atoms with E-state index in [0.29, 0.717) is 12.6 Å². The minimum Gasteiger partial charge on any atom is -0.161 e. The highest BCUT2D eigenvalue weighted by Crippen LogP contribution is 2.17. The highest BCUT2D eigenvalue weighted by atomic mass is 31.1. The van der Waals surface area contributed by atoms with Crippen molar-refractivity contribution in [3.63, 3.8) is 0 Å². The van der Waals surface area contributed by atoms with E-state index < -0.39 is 8.03 Å². The summed E-state index contributed by atoms with van der Waals surface area (Å²) in [6.07, 6.45) is 16.0. The molecule has 1 unspecified atom stereocenters. The predicted octanol–water partition coefficient (Wildman–Crippen LogP) is 6.43. The highest BCUT2D eigenvalue weighted by molar-refractivity contribution is 7.37. The van der Waals surface area contributed by atoms with Crippen LogP contribution >= 0.6 is 8.03 Å². The SMILES string of the molecule is CCCCCCCCCCCCc1ccc(CC[P+](=O)O)cc1. The van der Waals surface area contributed by atoms with Gasteiger partial charge in [0.25, 0.3) is 0 Å². The van der Waals surface area contributed by atoms with Gasteiger partial charge < -0.3 is 0 Å². The Balaban J connectivity index is 2.00. The van der Waals surface area contributed by atoms with Crippen LogP contribution in [-0.4, -0.2) is 11.1 Å². The van der Waals surface area contributed by atoms with E-state index in [9.17, 15) is 4.57 Å². The van der Waals surface area contributed by atoms with E-state index >= 15 is 0 Å². The van der Waals surface area contributed by atoms with Gasteiger partial charge >= 0.3 is 8.03 Å². The minimum absolute atomic E-state index is 0.368. The first-order valence-electron chi connectivity index (χ1n) is 9.43. The lowest BCUT2D eigenvalue weighted by atomic mass is 10.0. The summed E-state index contributed by atoms with van der Waals surface area (Å²) in [5.74, 6) is 0. The summed E-state index contributed by atoms with van der Waals surface area (Å²) in [5, 5.41) is 0. The maximum atomic E-state index is 10.7. The maximum absolute atomic E-state index is 10.7. The molecule has 23 heavy (non-hydrogen) atoms. The van der Waals surface area contributed by atoms with E-state index in [1.165, 1.54) is 69.8 Å². The zero-order valence-corrected chi connectivity index (χ0v) is 15.7. The Morgan fingerprint density at radius 3 is 1.65 bits per heavy atom. The third-order valence-corrected chi connectivity index (χ3v) is 5.04. The molecule has 0 fully saturated rings. The van der Waals surface area contributed by atoms with Crippen LogP contribution in [0.15, 0.2) is 24.3 Å². The monoisotopic (exact) mass is 337 g/mol. The second kappa shape index (κ2) is 13.7. The Bertz CT molecular complexity index is 414. The summed E-state index contributed by atoms with van der Waals surface area (Å²) in [6.45, 7) is 2.27. The predicted molar refractivity (Wildman–Crippen MR) is 100 cm³/mol. The molecule has 1 rings (SSSR count). The van der Waals surface area contributed by atoms with Gasteiger partial charge in [0.15, 0.2) is 6.16 Å². The number of hydrogen-bond donors (Lipinski definition) is 1. The van der Waals surface area contributed by atoms with Gasteiger partial charge in [-0.2, -0.15) is 4.89 Å². The van der Waals surface area contributed by atoms with E-state index in [1.807, 2.05) is 0 Å². The lowest BCUT2D eigenvalue weighted by molar-refractivity contribution is 0.502. The molecule has 2 nitrogen and oxygen atoms in total. The molecule has 0 amide bonds. The normalized spacial score (nSPS) is 11.7. The number of hydrogen-bond acceptors (Lipinski definition) is 1. The van der Waals surface area contributed by atoms with Crippen molar-refractivity contribution < 1.29 is 9.46 Å². The quantitative estimate of drug-likeness (QED) is 0.314. The van der Waals surface area contributed by atoms with Crippen LogP contribution in [0.4, 0.5) is 0 Å². The lowest BCUT2D eigenvalue weighted by Gasteiger charge is -2.04. The molecular weight excluding hydrogens is 303 g/mol. The van der Waals surface area contributed by atoms with Crippen molar-refractivity contribution in [1.82, 2.24) is 0 Å². The van der Waals surface area contributed by atoms with Gasteiger partial charge in [0.1, 0.15) is 0 Å². The van der Waals surface area contributed by atoms with E-state index in [-0.39, 0.29) is 0 Å². The van der Waals surface area contributed by atoms with Crippen LogP contribution in [-0.2, 0) is 17.4 Å². The van der Waals surface area contributed by atoms with Crippen LogP contribution in [0.1, 0.15) is 82.3 Å². The first kappa shape index (κ1) is 20.3. The summed E-state index contributed by atoms with van der Waals surface area (Å²) in [6, 6.07) is 8.55. The molecule has 0 aliphatic heterocycles. The van der Waals surface area contributed by atoms with E-state index in [1.54, 1.807) is 0 Å². The summed E-state index contributed by atoms with van der Waals surface area (Å²) < 4.78 is 10.7. The molecule has 0 heterocycles. The van der Waals surface area contributed by atoms with Gasteiger partial charge in [0, 0.05) is 6.42 Å². The molecule has 1 atom stereocenters. The Morgan fingerprint density at radius 1 is 0.739 bits per heavy atom. The molecule has 1 N–H and O–H groups in total. The third kappa shape index (κ3) is 11.5. The fourth-order valence-corrected chi connectivity index (χ4v) is 3.36. The van der Waals surface area contributed by atoms with Gasteiger partial charge in [0.2, 0.25) is 0 Å².